The lowest BCUT2D eigenvalue weighted by atomic mass is 10.1. The molecule has 7 nitrogen and oxygen atoms in total. The second-order valence-electron chi connectivity index (χ2n) is 6.57. The monoisotopic (exact) mass is 340 g/mol. The third-order valence-electron chi connectivity index (χ3n) is 4.12. The van der Waals surface area contributed by atoms with E-state index in [0.717, 1.165) is 15.8 Å². The Morgan fingerprint density at radius 2 is 2.08 bits per heavy atom. The number of fused-ring (bicyclic) bond motifs is 1. The van der Waals surface area contributed by atoms with E-state index >= 15 is 0 Å². The first-order valence-corrected chi connectivity index (χ1v) is 8.15. The zero-order valence-corrected chi connectivity index (χ0v) is 14.2. The summed E-state index contributed by atoms with van der Waals surface area (Å²) < 4.78 is 0. The third-order valence-corrected chi connectivity index (χ3v) is 4.12. The average Bonchev–Trinajstić information content (AvgIpc) is 2.76. The fourth-order valence-electron chi connectivity index (χ4n) is 2.79. The molecule has 0 atom stereocenters. The lowest BCUT2D eigenvalue weighted by Gasteiger charge is -2.15. The molecule has 2 N–H and O–H groups in total. The zero-order valence-electron chi connectivity index (χ0n) is 14.2. The fraction of sp³-hybridized carbons (Fsp3) is 0.333. The smallest absolute Gasteiger partial charge is 0.325 e. The van der Waals surface area contributed by atoms with Crippen LogP contribution in [0, 0.1) is 0 Å². The number of pyridine rings is 1. The molecule has 25 heavy (non-hydrogen) atoms. The molecule has 2 heterocycles. The van der Waals surface area contributed by atoms with Gasteiger partial charge in [-0.05, 0) is 38.5 Å². The molecule has 7 heteroatoms. The van der Waals surface area contributed by atoms with Crippen LogP contribution in [0.25, 0.3) is 10.9 Å². The van der Waals surface area contributed by atoms with Crippen LogP contribution in [0.5, 0.6) is 0 Å². The number of amides is 4. The minimum atomic E-state index is -0.878. The summed E-state index contributed by atoms with van der Waals surface area (Å²) in [4.78, 5) is 41.3. The van der Waals surface area contributed by atoms with Crippen LogP contribution in [0.4, 0.5) is 10.5 Å². The number of carbonyl (C=O) groups is 3. The number of hydrogen-bond donors (Lipinski definition) is 2. The Morgan fingerprint density at radius 1 is 1.28 bits per heavy atom. The number of imide groups is 1. The topological polar surface area (TPSA) is 91.4 Å². The summed E-state index contributed by atoms with van der Waals surface area (Å²) in [5.74, 6) is -0.430. The summed E-state index contributed by atoms with van der Waals surface area (Å²) in [7, 11) is 0. The van der Waals surface area contributed by atoms with Gasteiger partial charge in [0.05, 0.1) is 5.52 Å². The van der Waals surface area contributed by atoms with Crippen LogP contribution < -0.4 is 10.6 Å². The number of nitrogens with zero attached hydrogens (tertiary/aromatic N) is 2. The van der Waals surface area contributed by atoms with Crippen molar-refractivity contribution in [2.45, 2.75) is 32.2 Å². The molecule has 0 spiro atoms. The minimum Gasteiger partial charge on any atom is -0.326 e. The van der Waals surface area contributed by atoms with E-state index in [1.807, 2.05) is 30.3 Å². The van der Waals surface area contributed by atoms with E-state index in [1.54, 1.807) is 20.0 Å². The van der Waals surface area contributed by atoms with Crippen molar-refractivity contribution in [2.24, 2.45) is 0 Å². The quantitative estimate of drug-likeness (QED) is 0.817. The van der Waals surface area contributed by atoms with Gasteiger partial charge in [-0.15, -0.1) is 0 Å². The number of urea groups is 1. The molecule has 0 saturated carbocycles. The highest BCUT2D eigenvalue weighted by molar-refractivity contribution is 6.06. The molecule has 0 bridgehead atoms. The van der Waals surface area contributed by atoms with Gasteiger partial charge in [0.15, 0.2) is 0 Å². The average molecular weight is 340 g/mol. The maximum absolute atomic E-state index is 12.1. The molecule has 0 radical (unpaired) electrons. The maximum atomic E-state index is 12.1. The second-order valence-corrected chi connectivity index (χ2v) is 6.57. The van der Waals surface area contributed by atoms with Gasteiger partial charge >= 0.3 is 6.03 Å². The van der Waals surface area contributed by atoms with E-state index in [1.165, 1.54) is 0 Å². The second kappa shape index (κ2) is 6.51. The highest BCUT2D eigenvalue weighted by Gasteiger charge is 2.43. The van der Waals surface area contributed by atoms with Crippen LogP contribution in [0.3, 0.4) is 0 Å². The van der Waals surface area contributed by atoms with Gasteiger partial charge in [0, 0.05) is 30.2 Å². The molecule has 1 aliphatic heterocycles. The first-order chi connectivity index (χ1) is 11.9. The van der Waals surface area contributed by atoms with Crippen molar-refractivity contribution in [2.75, 3.05) is 11.9 Å². The van der Waals surface area contributed by atoms with Crippen molar-refractivity contribution in [3.8, 4) is 0 Å². The van der Waals surface area contributed by atoms with Crippen LogP contribution in [0.2, 0.25) is 0 Å². The third kappa shape index (κ3) is 3.60. The number of carbonyl (C=O) groups excluding carboxylic acids is 3. The molecule has 0 aliphatic carbocycles. The van der Waals surface area contributed by atoms with Gasteiger partial charge in [-0.1, -0.05) is 12.1 Å². The summed E-state index contributed by atoms with van der Waals surface area (Å²) in [6.45, 7) is 3.54. The molecule has 130 valence electrons. The van der Waals surface area contributed by atoms with Crippen molar-refractivity contribution < 1.29 is 14.4 Å². The Kier molecular flexibility index (Phi) is 4.39. The fourth-order valence-corrected chi connectivity index (χ4v) is 2.79. The number of aromatic nitrogens is 1. The summed E-state index contributed by atoms with van der Waals surface area (Å²) >= 11 is 0. The van der Waals surface area contributed by atoms with Gasteiger partial charge in [-0.2, -0.15) is 0 Å². The van der Waals surface area contributed by atoms with Crippen LogP contribution in [0.1, 0.15) is 26.7 Å². The molecular weight excluding hydrogens is 320 g/mol. The predicted octanol–water partition coefficient (Wildman–Crippen LogP) is 2.28. The van der Waals surface area contributed by atoms with Crippen LogP contribution in [0.15, 0.2) is 36.5 Å². The van der Waals surface area contributed by atoms with Crippen molar-refractivity contribution in [1.82, 2.24) is 15.2 Å². The molecule has 3 rings (SSSR count). The van der Waals surface area contributed by atoms with Gasteiger partial charge in [-0.25, -0.2) is 4.79 Å². The normalized spacial score (nSPS) is 16.2. The molecular formula is C18H20N4O3. The first-order valence-electron chi connectivity index (χ1n) is 8.15. The lowest BCUT2D eigenvalue weighted by Crippen LogP contribution is -2.40. The first kappa shape index (κ1) is 16.9. The van der Waals surface area contributed by atoms with Gasteiger partial charge in [-0.3, -0.25) is 19.5 Å². The van der Waals surface area contributed by atoms with Gasteiger partial charge in [0.25, 0.3) is 5.91 Å². The Morgan fingerprint density at radius 3 is 2.80 bits per heavy atom. The minimum absolute atomic E-state index is 0.165. The van der Waals surface area contributed by atoms with Crippen LogP contribution >= 0.6 is 0 Å². The summed E-state index contributed by atoms with van der Waals surface area (Å²) in [5, 5.41) is 6.43. The van der Waals surface area contributed by atoms with Crippen molar-refractivity contribution >= 4 is 34.4 Å². The predicted molar refractivity (Wildman–Crippen MR) is 93.9 cm³/mol. The maximum Gasteiger partial charge on any atom is 0.325 e. The standard InChI is InChI=1S/C18H20N4O3/c1-18(2)16(24)22(17(25)21-18)10-4-6-15(23)20-13-8-7-12-5-3-9-19-14(12)11-13/h3,5,7-9,11H,4,6,10H2,1-2H3,(H,20,23)(H,21,25). The van der Waals surface area contributed by atoms with Crippen molar-refractivity contribution in [3.63, 3.8) is 0 Å². The number of nitrogens with one attached hydrogen (secondary N) is 2. The Hall–Kier alpha value is -2.96. The number of hydrogen-bond acceptors (Lipinski definition) is 4. The van der Waals surface area contributed by atoms with E-state index in [0.29, 0.717) is 12.1 Å². The molecule has 4 amide bonds. The molecule has 0 unspecified atom stereocenters. The largest absolute Gasteiger partial charge is 0.326 e. The Labute approximate surface area is 145 Å². The number of benzene rings is 1. The molecule has 1 saturated heterocycles. The van der Waals surface area contributed by atoms with E-state index in [-0.39, 0.29) is 24.8 Å². The van der Waals surface area contributed by atoms with Crippen LogP contribution in [-0.2, 0) is 9.59 Å². The zero-order chi connectivity index (χ0) is 18.0. The van der Waals surface area contributed by atoms with Crippen LogP contribution in [-0.4, -0.2) is 39.8 Å². The molecule has 1 aromatic heterocycles. The van der Waals surface area contributed by atoms with E-state index in [4.69, 9.17) is 0 Å². The highest BCUT2D eigenvalue weighted by Crippen LogP contribution is 2.18. The van der Waals surface area contributed by atoms with E-state index < -0.39 is 11.6 Å². The number of anilines is 1. The highest BCUT2D eigenvalue weighted by atomic mass is 16.2. The molecule has 2 aromatic rings. The van der Waals surface area contributed by atoms with E-state index in [2.05, 4.69) is 15.6 Å². The Bertz CT molecular complexity index is 847. The van der Waals surface area contributed by atoms with Crippen molar-refractivity contribution in [1.29, 1.82) is 0 Å². The Balaban J connectivity index is 1.53. The summed E-state index contributed by atoms with van der Waals surface area (Å²) in [5.41, 5.74) is 0.603. The van der Waals surface area contributed by atoms with Crippen molar-refractivity contribution in [3.05, 3.63) is 36.5 Å². The summed E-state index contributed by atoms with van der Waals surface area (Å²) in [6.07, 6.45) is 2.33. The molecule has 1 fully saturated rings. The molecule has 1 aromatic carbocycles. The van der Waals surface area contributed by atoms with Gasteiger partial charge in [0.2, 0.25) is 5.91 Å². The van der Waals surface area contributed by atoms with Gasteiger partial charge < -0.3 is 10.6 Å². The van der Waals surface area contributed by atoms with E-state index in [9.17, 15) is 14.4 Å². The summed E-state index contributed by atoms with van der Waals surface area (Å²) in [6, 6.07) is 8.93. The molecule has 1 aliphatic rings. The number of rotatable bonds is 5. The van der Waals surface area contributed by atoms with Gasteiger partial charge in [0.1, 0.15) is 5.54 Å². The lowest BCUT2D eigenvalue weighted by molar-refractivity contribution is -0.130. The SMILES string of the molecule is CC1(C)NC(=O)N(CCCC(=O)Nc2ccc3cccnc3c2)C1=O.